The number of rotatable bonds is 6. The van der Waals surface area contributed by atoms with Gasteiger partial charge in [-0.05, 0) is 20.0 Å². The monoisotopic (exact) mass is 175 g/mol. The van der Waals surface area contributed by atoms with Crippen molar-refractivity contribution in [2.24, 2.45) is 5.92 Å². The van der Waals surface area contributed by atoms with E-state index in [1.807, 2.05) is 19.0 Å². The standard InChI is InChI=1S/C9H21NO2/c1-8(2)6-12-7-9(11)5-10(3)4/h8-9,11H,5-7H2,1-4H3. The van der Waals surface area contributed by atoms with Crippen LogP contribution in [0.2, 0.25) is 0 Å². The van der Waals surface area contributed by atoms with Crippen LogP contribution in [0, 0.1) is 5.92 Å². The van der Waals surface area contributed by atoms with Gasteiger partial charge < -0.3 is 14.7 Å². The number of aliphatic hydroxyl groups is 1. The smallest absolute Gasteiger partial charge is 0.0899 e. The molecule has 0 rings (SSSR count). The molecule has 0 amide bonds. The lowest BCUT2D eigenvalue weighted by Gasteiger charge is -2.16. The lowest BCUT2D eigenvalue weighted by atomic mass is 10.2. The van der Waals surface area contributed by atoms with Crippen LogP contribution in [0.1, 0.15) is 13.8 Å². The zero-order valence-corrected chi connectivity index (χ0v) is 8.58. The Hall–Kier alpha value is -0.120. The van der Waals surface area contributed by atoms with E-state index in [0.29, 0.717) is 19.1 Å². The third kappa shape index (κ3) is 7.98. The van der Waals surface area contributed by atoms with Crippen LogP contribution in [-0.2, 0) is 4.74 Å². The minimum absolute atomic E-state index is 0.362. The SMILES string of the molecule is CC(C)COCC(O)CN(C)C. The first kappa shape index (κ1) is 11.9. The summed E-state index contributed by atoms with van der Waals surface area (Å²) < 4.78 is 5.28. The van der Waals surface area contributed by atoms with Crippen LogP contribution in [0.4, 0.5) is 0 Å². The molecule has 3 nitrogen and oxygen atoms in total. The maximum Gasteiger partial charge on any atom is 0.0899 e. The molecule has 0 aromatic carbocycles. The highest BCUT2D eigenvalue weighted by Crippen LogP contribution is 1.94. The molecule has 0 aliphatic heterocycles. The minimum Gasteiger partial charge on any atom is -0.389 e. The number of ether oxygens (including phenoxy) is 1. The number of hydrogen-bond donors (Lipinski definition) is 1. The summed E-state index contributed by atoms with van der Waals surface area (Å²) in [4.78, 5) is 1.95. The largest absolute Gasteiger partial charge is 0.389 e. The summed E-state index contributed by atoms with van der Waals surface area (Å²) in [5.41, 5.74) is 0. The van der Waals surface area contributed by atoms with Gasteiger partial charge in [0.25, 0.3) is 0 Å². The molecule has 0 saturated carbocycles. The summed E-state index contributed by atoms with van der Waals surface area (Å²) >= 11 is 0. The Morgan fingerprint density at radius 3 is 2.25 bits per heavy atom. The van der Waals surface area contributed by atoms with Crippen molar-refractivity contribution in [3.8, 4) is 0 Å². The number of hydrogen-bond acceptors (Lipinski definition) is 3. The second-order valence-corrected chi connectivity index (χ2v) is 3.85. The van der Waals surface area contributed by atoms with Crippen LogP contribution in [0.5, 0.6) is 0 Å². The highest BCUT2D eigenvalue weighted by atomic mass is 16.5. The van der Waals surface area contributed by atoms with Gasteiger partial charge in [0.1, 0.15) is 0 Å². The summed E-state index contributed by atoms with van der Waals surface area (Å²) in [5, 5.41) is 9.37. The second kappa shape index (κ2) is 6.40. The Morgan fingerprint density at radius 2 is 1.83 bits per heavy atom. The Bertz CT molecular complexity index is 105. The van der Waals surface area contributed by atoms with Crippen LogP contribution in [0.15, 0.2) is 0 Å². The van der Waals surface area contributed by atoms with Gasteiger partial charge in [-0.2, -0.15) is 0 Å². The number of aliphatic hydroxyl groups excluding tert-OH is 1. The fraction of sp³-hybridized carbons (Fsp3) is 1.00. The minimum atomic E-state index is -0.362. The van der Waals surface area contributed by atoms with Crippen molar-refractivity contribution in [2.75, 3.05) is 33.9 Å². The molecule has 0 fully saturated rings. The van der Waals surface area contributed by atoms with E-state index in [1.54, 1.807) is 0 Å². The quantitative estimate of drug-likeness (QED) is 0.641. The van der Waals surface area contributed by atoms with Crippen molar-refractivity contribution in [1.82, 2.24) is 4.90 Å². The molecule has 1 N–H and O–H groups in total. The molecule has 0 radical (unpaired) electrons. The van der Waals surface area contributed by atoms with Crippen molar-refractivity contribution in [2.45, 2.75) is 20.0 Å². The maximum absolute atomic E-state index is 9.37. The van der Waals surface area contributed by atoms with Gasteiger partial charge in [0.15, 0.2) is 0 Å². The lowest BCUT2D eigenvalue weighted by Crippen LogP contribution is -2.30. The predicted molar refractivity (Wildman–Crippen MR) is 50.2 cm³/mol. The van der Waals surface area contributed by atoms with E-state index in [9.17, 15) is 5.11 Å². The Labute approximate surface area is 75.3 Å². The summed E-state index contributed by atoms with van der Waals surface area (Å²) in [6.07, 6.45) is -0.362. The highest BCUT2D eigenvalue weighted by molar-refractivity contribution is 4.57. The maximum atomic E-state index is 9.37. The topological polar surface area (TPSA) is 32.7 Å². The number of nitrogens with zero attached hydrogens (tertiary/aromatic N) is 1. The average molecular weight is 175 g/mol. The van der Waals surface area contributed by atoms with Gasteiger partial charge in [0.2, 0.25) is 0 Å². The van der Waals surface area contributed by atoms with Crippen LogP contribution in [-0.4, -0.2) is 50.0 Å². The van der Waals surface area contributed by atoms with Gasteiger partial charge in [0, 0.05) is 13.2 Å². The highest BCUT2D eigenvalue weighted by Gasteiger charge is 2.05. The Balaban J connectivity index is 3.25. The number of likely N-dealkylation sites (N-methyl/N-ethyl adjacent to an activating group) is 1. The summed E-state index contributed by atoms with van der Waals surface area (Å²) in [6, 6.07) is 0. The van der Waals surface area contributed by atoms with Crippen molar-refractivity contribution in [1.29, 1.82) is 0 Å². The van der Waals surface area contributed by atoms with E-state index >= 15 is 0 Å². The molecule has 12 heavy (non-hydrogen) atoms. The molecular formula is C9H21NO2. The van der Waals surface area contributed by atoms with Crippen molar-refractivity contribution in [3.63, 3.8) is 0 Å². The molecule has 0 heterocycles. The zero-order chi connectivity index (χ0) is 9.56. The van der Waals surface area contributed by atoms with E-state index in [1.165, 1.54) is 0 Å². The molecule has 0 saturated heterocycles. The van der Waals surface area contributed by atoms with Crippen molar-refractivity contribution < 1.29 is 9.84 Å². The van der Waals surface area contributed by atoms with Crippen LogP contribution >= 0.6 is 0 Å². The molecule has 0 aliphatic rings. The molecule has 0 aromatic rings. The van der Waals surface area contributed by atoms with E-state index in [0.717, 1.165) is 6.61 Å². The molecule has 3 heteroatoms. The summed E-state index contributed by atoms with van der Waals surface area (Å²) in [7, 11) is 3.87. The van der Waals surface area contributed by atoms with Crippen molar-refractivity contribution in [3.05, 3.63) is 0 Å². The lowest BCUT2D eigenvalue weighted by molar-refractivity contribution is 0.0148. The Morgan fingerprint density at radius 1 is 1.25 bits per heavy atom. The fourth-order valence-electron chi connectivity index (χ4n) is 0.914. The van der Waals surface area contributed by atoms with E-state index in [4.69, 9.17) is 4.74 Å². The van der Waals surface area contributed by atoms with Gasteiger partial charge in [-0.25, -0.2) is 0 Å². The van der Waals surface area contributed by atoms with Gasteiger partial charge in [-0.1, -0.05) is 13.8 Å². The van der Waals surface area contributed by atoms with Crippen molar-refractivity contribution >= 4 is 0 Å². The third-order valence-electron chi connectivity index (χ3n) is 1.34. The first-order chi connectivity index (χ1) is 5.52. The molecule has 1 atom stereocenters. The fourth-order valence-corrected chi connectivity index (χ4v) is 0.914. The molecule has 0 aliphatic carbocycles. The molecule has 0 aromatic heterocycles. The Kier molecular flexibility index (Phi) is 6.34. The van der Waals surface area contributed by atoms with Gasteiger partial charge >= 0.3 is 0 Å². The molecule has 1 unspecified atom stereocenters. The normalized spacial score (nSPS) is 14.2. The zero-order valence-electron chi connectivity index (χ0n) is 8.58. The van der Waals surface area contributed by atoms with Gasteiger partial charge in [-0.15, -0.1) is 0 Å². The summed E-state index contributed by atoms with van der Waals surface area (Å²) in [5.74, 6) is 0.538. The predicted octanol–water partition coefficient (Wildman–Crippen LogP) is 0.581. The van der Waals surface area contributed by atoms with Crippen LogP contribution < -0.4 is 0 Å². The van der Waals surface area contributed by atoms with E-state index < -0.39 is 0 Å². The summed E-state index contributed by atoms with van der Waals surface area (Å²) in [6.45, 7) is 6.02. The molecular weight excluding hydrogens is 154 g/mol. The van der Waals surface area contributed by atoms with Crippen LogP contribution in [0.25, 0.3) is 0 Å². The second-order valence-electron chi connectivity index (χ2n) is 3.85. The van der Waals surface area contributed by atoms with Crippen LogP contribution in [0.3, 0.4) is 0 Å². The van der Waals surface area contributed by atoms with E-state index in [2.05, 4.69) is 13.8 Å². The first-order valence-corrected chi connectivity index (χ1v) is 4.43. The molecule has 74 valence electrons. The van der Waals surface area contributed by atoms with Gasteiger partial charge in [0.05, 0.1) is 12.7 Å². The van der Waals surface area contributed by atoms with Gasteiger partial charge in [-0.3, -0.25) is 0 Å². The first-order valence-electron chi connectivity index (χ1n) is 4.43. The van der Waals surface area contributed by atoms with E-state index in [-0.39, 0.29) is 6.10 Å². The molecule has 0 spiro atoms. The average Bonchev–Trinajstić information content (AvgIpc) is 1.84. The third-order valence-corrected chi connectivity index (χ3v) is 1.34. The molecule has 0 bridgehead atoms.